The lowest BCUT2D eigenvalue weighted by Gasteiger charge is -2.07. The van der Waals surface area contributed by atoms with Crippen molar-refractivity contribution in [3.63, 3.8) is 0 Å². The largest absolute Gasteiger partial charge is 0.309 e. The molecule has 0 bridgehead atoms. The van der Waals surface area contributed by atoms with Crippen LogP contribution in [0.1, 0.15) is 39.4 Å². The van der Waals surface area contributed by atoms with Gasteiger partial charge in [0.25, 0.3) is 0 Å². The molecule has 158 valence electrons. The van der Waals surface area contributed by atoms with E-state index < -0.39 is 0 Å². The van der Waals surface area contributed by atoms with Crippen molar-refractivity contribution >= 4 is 5.78 Å². The van der Waals surface area contributed by atoms with Gasteiger partial charge in [-0.25, -0.2) is 0 Å². The Kier molecular flexibility index (Phi) is 5.96. The topological polar surface area (TPSA) is 29.1 Å². The highest BCUT2D eigenvalue weighted by Gasteiger charge is 2.37. The van der Waals surface area contributed by atoms with Crippen LogP contribution in [0, 0.1) is 0 Å². The van der Waals surface area contributed by atoms with E-state index in [0.717, 1.165) is 17.7 Å². The van der Waals surface area contributed by atoms with Crippen molar-refractivity contribution in [2.24, 2.45) is 0 Å². The normalized spacial score (nSPS) is 17.1. The van der Waals surface area contributed by atoms with Crippen LogP contribution in [0.4, 0.5) is 0 Å². The van der Waals surface area contributed by atoms with Crippen molar-refractivity contribution in [2.45, 2.75) is 31.3 Å². The van der Waals surface area contributed by atoms with Gasteiger partial charge < -0.3 is 5.32 Å². The molecule has 2 heteroatoms. The third-order valence-electron chi connectivity index (χ3n) is 6.29. The second-order valence-electron chi connectivity index (χ2n) is 8.60. The first kappa shape index (κ1) is 20.4. The number of Topliss-reactive ketones (excluding diaryl/α,β-unsaturated/α-hetero) is 1. The molecule has 0 radical (unpaired) electrons. The SMILES string of the molecule is O=C(Cc1ccc(C2CC2NCc2ccc(-c3ccccc3)cc2)cc1)c1ccccc1. The van der Waals surface area contributed by atoms with Crippen LogP contribution >= 0.6 is 0 Å². The fourth-order valence-corrected chi connectivity index (χ4v) is 4.28. The van der Waals surface area contributed by atoms with Gasteiger partial charge in [-0.3, -0.25) is 4.79 Å². The zero-order valence-corrected chi connectivity index (χ0v) is 18.1. The van der Waals surface area contributed by atoms with Gasteiger partial charge in [0, 0.05) is 30.5 Å². The number of ketones is 1. The molecule has 1 saturated carbocycles. The third kappa shape index (κ3) is 4.87. The zero-order valence-electron chi connectivity index (χ0n) is 18.1. The van der Waals surface area contributed by atoms with Crippen molar-refractivity contribution in [1.82, 2.24) is 5.32 Å². The van der Waals surface area contributed by atoms with E-state index in [9.17, 15) is 4.79 Å². The van der Waals surface area contributed by atoms with E-state index in [1.807, 2.05) is 36.4 Å². The highest BCUT2D eigenvalue weighted by Crippen LogP contribution is 2.41. The third-order valence-corrected chi connectivity index (χ3v) is 6.29. The molecule has 5 rings (SSSR count). The number of benzene rings is 4. The van der Waals surface area contributed by atoms with E-state index in [1.54, 1.807) is 0 Å². The summed E-state index contributed by atoms with van der Waals surface area (Å²) in [6.45, 7) is 0.889. The molecule has 1 aliphatic rings. The molecular formula is C30H27NO. The quantitative estimate of drug-likeness (QED) is 0.335. The van der Waals surface area contributed by atoms with E-state index in [0.29, 0.717) is 18.4 Å². The number of hydrogen-bond donors (Lipinski definition) is 1. The Hall–Kier alpha value is -3.49. The predicted molar refractivity (Wildman–Crippen MR) is 131 cm³/mol. The van der Waals surface area contributed by atoms with Gasteiger partial charge in [0.15, 0.2) is 5.78 Å². The standard InChI is InChI=1S/C30H27NO/c32-30(27-9-5-2-6-10-27)19-22-11-17-26(18-12-22)28-20-29(28)31-21-23-13-15-25(16-14-23)24-7-3-1-4-8-24/h1-18,28-29,31H,19-21H2. The lowest BCUT2D eigenvalue weighted by molar-refractivity contribution is 0.0993. The van der Waals surface area contributed by atoms with Crippen LogP contribution in [0.5, 0.6) is 0 Å². The van der Waals surface area contributed by atoms with Crippen LogP contribution in [0.25, 0.3) is 11.1 Å². The maximum Gasteiger partial charge on any atom is 0.167 e. The first-order valence-corrected chi connectivity index (χ1v) is 11.3. The van der Waals surface area contributed by atoms with Crippen molar-refractivity contribution in [3.8, 4) is 11.1 Å². The van der Waals surface area contributed by atoms with Crippen LogP contribution in [0.3, 0.4) is 0 Å². The van der Waals surface area contributed by atoms with Gasteiger partial charge in [0.1, 0.15) is 0 Å². The van der Waals surface area contributed by atoms with E-state index in [4.69, 9.17) is 0 Å². The summed E-state index contributed by atoms with van der Waals surface area (Å²) in [4.78, 5) is 12.4. The molecule has 1 fully saturated rings. The summed E-state index contributed by atoms with van der Waals surface area (Å²) in [5.74, 6) is 0.736. The smallest absolute Gasteiger partial charge is 0.167 e. The lowest BCUT2D eigenvalue weighted by Crippen LogP contribution is -2.17. The lowest BCUT2D eigenvalue weighted by atomic mass is 10.0. The first-order chi connectivity index (χ1) is 15.8. The monoisotopic (exact) mass is 417 g/mol. The second kappa shape index (κ2) is 9.33. The predicted octanol–water partition coefficient (Wildman–Crippen LogP) is 6.42. The van der Waals surface area contributed by atoms with Gasteiger partial charge in [-0.05, 0) is 34.2 Å². The minimum Gasteiger partial charge on any atom is -0.309 e. The number of carbonyl (C=O) groups excluding carboxylic acids is 1. The number of nitrogens with one attached hydrogen (secondary N) is 1. The highest BCUT2D eigenvalue weighted by atomic mass is 16.1. The molecular weight excluding hydrogens is 390 g/mol. The first-order valence-electron chi connectivity index (χ1n) is 11.3. The Balaban J connectivity index is 1.12. The Morgan fingerprint density at radius 1 is 0.688 bits per heavy atom. The van der Waals surface area contributed by atoms with E-state index in [2.05, 4.69) is 78.1 Å². The average Bonchev–Trinajstić information content (AvgIpc) is 3.64. The molecule has 0 amide bonds. The summed E-state index contributed by atoms with van der Waals surface area (Å²) >= 11 is 0. The van der Waals surface area contributed by atoms with Gasteiger partial charge in [0.2, 0.25) is 0 Å². The summed E-state index contributed by atoms with van der Waals surface area (Å²) in [5.41, 5.74) is 7.03. The highest BCUT2D eigenvalue weighted by molar-refractivity contribution is 5.97. The fraction of sp³-hybridized carbons (Fsp3) is 0.167. The molecule has 4 aromatic carbocycles. The Morgan fingerprint density at radius 2 is 1.28 bits per heavy atom. The summed E-state index contributed by atoms with van der Waals surface area (Å²) in [6, 6.07) is 38.0. The molecule has 32 heavy (non-hydrogen) atoms. The Morgan fingerprint density at radius 3 is 1.97 bits per heavy atom. The Bertz CT molecular complexity index is 1170. The van der Waals surface area contributed by atoms with Crippen LogP contribution in [0.15, 0.2) is 109 Å². The maximum atomic E-state index is 12.4. The van der Waals surface area contributed by atoms with Gasteiger partial charge in [-0.15, -0.1) is 0 Å². The summed E-state index contributed by atoms with van der Waals surface area (Å²) in [7, 11) is 0. The molecule has 4 aromatic rings. The van der Waals surface area contributed by atoms with E-state index >= 15 is 0 Å². The molecule has 2 unspecified atom stereocenters. The van der Waals surface area contributed by atoms with Crippen molar-refractivity contribution < 1.29 is 4.79 Å². The van der Waals surface area contributed by atoms with Crippen LogP contribution in [-0.4, -0.2) is 11.8 Å². The number of hydrogen-bond acceptors (Lipinski definition) is 2. The molecule has 0 aliphatic heterocycles. The minimum atomic E-state index is 0.169. The fourth-order valence-electron chi connectivity index (χ4n) is 4.28. The van der Waals surface area contributed by atoms with Crippen LogP contribution < -0.4 is 5.32 Å². The molecule has 1 N–H and O–H groups in total. The minimum absolute atomic E-state index is 0.169. The van der Waals surface area contributed by atoms with Gasteiger partial charge in [-0.1, -0.05) is 109 Å². The maximum absolute atomic E-state index is 12.4. The molecule has 0 heterocycles. The molecule has 2 nitrogen and oxygen atoms in total. The number of carbonyl (C=O) groups is 1. The molecule has 2 atom stereocenters. The summed E-state index contributed by atoms with van der Waals surface area (Å²) in [6.07, 6.45) is 1.63. The van der Waals surface area contributed by atoms with Gasteiger partial charge >= 0.3 is 0 Å². The van der Waals surface area contributed by atoms with Crippen LogP contribution in [0.2, 0.25) is 0 Å². The van der Waals surface area contributed by atoms with Crippen molar-refractivity contribution in [1.29, 1.82) is 0 Å². The average molecular weight is 418 g/mol. The second-order valence-corrected chi connectivity index (χ2v) is 8.60. The van der Waals surface area contributed by atoms with Gasteiger partial charge in [0.05, 0.1) is 0 Å². The van der Waals surface area contributed by atoms with Crippen molar-refractivity contribution in [3.05, 3.63) is 131 Å². The van der Waals surface area contributed by atoms with Crippen LogP contribution in [-0.2, 0) is 13.0 Å². The molecule has 0 spiro atoms. The molecule has 0 aromatic heterocycles. The van der Waals surface area contributed by atoms with E-state index in [1.165, 1.54) is 28.7 Å². The number of rotatable bonds is 8. The molecule has 0 saturated heterocycles. The van der Waals surface area contributed by atoms with Gasteiger partial charge in [-0.2, -0.15) is 0 Å². The Labute approximate surface area is 189 Å². The molecule has 1 aliphatic carbocycles. The zero-order chi connectivity index (χ0) is 21.8. The summed E-state index contributed by atoms with van der Waals surface area (Å²) < 4.78 is 0. The van der Waals surface area contributed by atoms with E-state index in [-0.39, 0.29) is 5.78 Å². The summed E-state index contributed by atoms with van der Waals surface area (Å²) in [5, 5.41) is 3.69. The van der Waals surface area contributed by atoms with Crippen molar-refractivity contribution in [2.75, 3.05) is 0 Å².